The molecule has 0 spiro atoms. The van der Waals surface area contributed by atoms with Crippen molar-refractivity contribution in [1.82, 2.24) is 0 Å². The quantitative estimate of drug-likeness (QED) is 0.627. The van der Waals surface area contributed by atoms with Crippen LogP contribution in [0.15, 0.2) is 36.4 Å². The highest BCUT2D eigenvalue weighted by Crippen LogP contribution is 2.21. The number of hydrogen-bond acceptors (Lipinski definition) is 0. The second-order valence-electron chi connectivity index (χ2n) is 3.91. The summed E-state index contributed by atoms with van der Waals surface area (Å²) >= 11 is 0. The van der Waals surface area contributed by atoms with E-state index in [1.807, 2.05) is 12.1 Å². The fourth-order valence-electron chi connectivity index (χ4n) is 1.59. The van der Waals surface area contributed by atoms with Gasteiger partial charge in [0.1, 0.15) is 5.82 Å². The van der Waals surface area contributed by atoms with Gasteiger partial charge in [-0.2, -0.15) is 0 Å². The Bertz CT molecular complexity index is 463. The molecule has 0 unspecified atom stereocenters. The second-order valence-corrected chi connectivity index (χ2v) is 3.91. The molecular weight excluding hydrogens is 175 g/mol. The lowest BCUT2D eigenvalue weighted by atomic mass is 9.99. The Morgan fingerprint density at radius 2 is 1.64 bits per heavy atom. The lowest BCUT2D eigenvalue weighted by molar-refractivity contribution is 0.630. The third-order valence-corrected chi connectivity index (χ3v) is 2.49. The largest absolute Gasteiger partial charge is 0.207 e. The predicted octanol–water partition coefficient (Wildman–Crippen LogP) is 4.35. The maximum absolute atomic E-state index is 12.9. The van der Waals surface area contributed by atoms with Crippen LogP contribution in [0.4, 0.5) is 4.39 Å². The molecule has 0 saturated carbocycles. The zero-order valence-corrected chi connectivity index (χ0v) is 8.42. The minimum atomic E-state index is -0.171. The average molecular weight is 190 g/mol. The first kappa shape index (κ1) is 9.20. The molecule has 0 atom stereocenters. The second kappa shape index (κ2) is 3.41. The summed E-state index contributed by atoms with van der Waals surface area (Å²) in [4.78, 5) is 0. The monoisotopic (exact) mass is 190 g/mol. The molecule has 2 aromatic carbocycles. The summed E-state index contributed by atoms with van der Waals surface area (Å²) in [5.41, 5.74) is 1.30. The van der Waals surface area contributed by atoms with E-state index in [9.17, 15) is 4.39 Å². The van der Waals surface area contributed by atoms with E-state index in [4.69, 9.17) is 0 Å². The van der Waals surface area contributed by atoms with Crippen LogP contribution in [-0.2, 0) is 0 Å². The van der Waals surface area contributed by atoms with Crippen molar-refractivity contribution in [2.45, 2.75) is 19.8 Å². The minimum Gasteiger partial charge on any atom is -0.207 e. The standard InChI is InChI=1S/C13H13F.H2/c1-9(2)10-3-4-12-8-13(14)6-5-11(12)7-10;/h3-9H,1-2H3;1H. The summed E-state index contributed by atoms with van der Waals surface area (Å²) in [5, 5.41) is 2.08. The van der Waals surface area contributed by atoms with Gasteiger partial charge in [0.05, 0.1) is 0 Å². The Morgan fingerprint density at radius 1 is 1.00 bits per heavy atom. The molecular formula is C13H15F. The van der Waals surface area contributed by atoms with Crippen molar-refractivity contribution in [3.05, 3.63) is 47.8 Å². The Balaban J connectivity index is 0.00000112. The van der Waals surface area contributed by atoms with Crippen molar-refractivity contribution in [2.75, 3.05) is 0 Å². The summed E-state index contributed by atoms with van der Waals surface area (Å²) in [6, 6.07) is 11.1. The first-order valence-electron chi connectivity index (χ1n) is 4.86. The molecule has 0 nitrogen and oxygen atoms in total. The molecule has 0 amide bonds. The van der Waals surface area contributed by atoms with Crippen molar-refractivity contribution < 1.29 is 5.82 Å². The van der Waals surface area contributed by atoms with Crippen LogP contribution >= 0.6 is 0 Å². The molecule has 0 bridgehead atoms. The molecule has 0 fully saturated rings. The van der Waals surface area contributed by atoms with Gasteiger partial charge >= 0.3 is 0 Å². The molecule has 0 heterocycles. The SMILES string of the molecule is CC(C)c1ccc2cc(F)ccc2c1.[HH]. The van der Waals surface area contributed by atoms with Crippen LogP contribution in [0.25, 0.3) is 10.8 Å². The molecule has 0 aromatic heterocycles. The topological polar surface area (TPSA) is 0 Å². The highest BCUT2D eigenvalue weighted by molar-refractivity contribution is 5.83. The van der Waals surface area contributed by atoms with E-state index in [0.717, 1.165) is 10.8 Å². The van der Waals surface area contributed by atoms with Crippen molar-refractivity contribution in [2.24, 2.45) is 0 Å². The van der Waals surface area contributed by atoms with E-state index < -0.39 is 0 Å². The molecule has 0 aliphatic carbocycles. The van der Waals surface area contributed by atoms with Gasteiger partial charge in [-0.3, -0.25) is 0 Å². The van der Waals surface area contributed by atoms with E-state index in [2.05, 4.69) is 26.0 Å². The normalized spacial score (nSPS) is 11.1. The number of benzene rings is 2. The molecule has 0 saturated heterocycles. The zero-order valence-electron chi connectivity index (χ0n) is 8.42. The number of halogens is 1. The van der Waals surface area contributed by atoms with Crippen molar-refractivity contribution in [1.29, 1.82) is 0 Å². The van der Waals surface area contributed by atoms with Gasteiger partial charge < -0.3 is 0 Å². The van der Waals surface area contributed by atoms with E-state index in [-0.39, 0.29) is 7.24 Å². The lowest BCUT2D eigenvalue weighted by Crippen LogP contribution is -1.86. The maximum Gasteiger partial charge on any atom is 0.123 e. The van der Waals surface area contributed by atoms with E-state index in [1.165, 1.54) is 11.6 Å². The van der Waals surface area contributed by atoms with Crippen LogP contribution in [-0.4, -0.2) is 0 Å². The molecule has 74 valence electrons. The smallest absolute Gasteiger partial charge is 0.123 e. The van der Waals surface area contributed by atoms with Crippen LogP contribution in [0.2, 0.25) is 0 Å². The molecule has 2 rings (SSSR count). The van der Waals surface area contributed by atoms with Gasteiger partial charge in [-0.05, 0) is 34.4 Å². The summed E-state index contributed by atoms with van der Waals surface area (Å²) in [6.45, 7) is 4.31. The summed E-state index contributed by atoms with van der Waals surface area (Å²) < 4.78 is 12.9. The lowest BCUT2D eigenvalue weighted by Gasteiger charge is -2.06. The van der Waals surface area contributed by atoms with Crippen LogP contribution in [0.3, 0.4) is 0 Å². The van der Waals surface area contributed by atoms with Gasteiger partial charge in [0.2, 0.25) is 0 Å². The molecule has 1 heteroatoms. The third kappa shape index (κ3) is 1.63. The van der Waals surface area contributed by atoms with Gasteiger partial charge in [-0.1, -0.05) is 38.1 Å². The van der Waals surface area contributed by atoms with Gasteiger partial charge in [-0.15, -0.1) is 0 Å². The van der Waals surface area contributed by atoms with E-state index in [0.29, 0.717) is 5.92 Å². The van der Waals surface area contributed by atoms with E-state index in [1.54, 1.807) is 6.07 Å². The van der Waals surface area contributed by atoms with Gasteiger partial charge in [0.25, 0.3) is 0 Å². The van der Waals surface area contributed by atoms with Crippen LogP contribution in [0.5, 0.6) is 0 Å². The molecule has 0 aliphatic rings. The highest BCUT2D eigenvalue weighted by atomic mass is 19.1. The third-order valence-electron chi connectivity index (χ3n) is 2.49. The molecule has 2 aromatic rings. The Labute approximate surface area is 84.9 Å². The number of rotatable bonds is 1. The molecule has 0 N–H and O–H groups in total. The Hall–Kier alpha value is -1.37. The Morgan fingerprint density at radius 3 is 2.36 bits per heavy atom. The first-order valence-corrected chi connectivity index (χ1v) is 4.86. The van der Waals surface area contributed by atoms with Crippen molar-refractivity contribution in [3.8, 4) is 0 Å². The fourth-order valence-corrected chi connectivity index (χ4v) is 1.59. The van der Waals surface area contributed by atoms with E-state index >= 15 is 0 Å². The summed E-state index contributed by atoms with van der Waals surface area (Å²) in [7, 11) is 0. The molecule has 0 radical (unpaired) electrons. The number of fused-ring (bicyclic) bond motifs is 1. The Kier molecular flexibility index (Phi) is 2.24. The fraction of sp³-hybridized carbons (Fsp3) is 0.231. The van der Waals surface area contributed by atoms with Crippen LogP contribution in [0, 0.1) is 5.82 Å². The first-order chi connectivity index (χ1) is 6.66. The molecule has 0 aliphatic heterocycles. The van der Waals surface area contributed by atoms with Gasteiger partial charge in [0.15, 0.2) is 0 Å². The zero-order chi connectivity index (χ0) is 10.1. The highest BCUT2D eigenvalue weighted by Gasteiger charge is 2.01. The van der Waals surface area contributed by atoms with Crippen LogP contribution < -0.4 is 0 Å². The predicted molar refractivity (Wildman–Crippen MR) is 60.1 cm³/mol. The molecule has 14 heavy (non-hydrogen) atoms. The van der Waals surface area contributed by atoms with Crippen molar-refractivity contribution in [3.63, 3.8) is 0 Å². The minimum absolute atomic E-state index is 0. The van der Waals surface area contributed by atoms with Gasteiger partial charge in [0, 0.05) is 1.43 Å². The van der Waals surface area contributed by atoms with Crippen molar-refractivity contribution >= 4 is 10.8 Å². The number of hydrogen-bond donors (Lipinski definition) is 0. The van der Waals surface area contributed by atoms with Gasteiger partial charge in [-0.25, -0.2) is 4.39 Å². The van der Waals surface area contributed by atoms with Crippen LogP contribution in [0.1, 0.15) is 26.8 Å². The average Bonchev–Trinajstić information content (AvgIpc) is 2.16. The summed E-state index contributed by atoms with van der Waals surface area (Å²) in [5.74, 6) is 0.347. The summed E-state index contributed by atoms with van der Waals surface area (Å²) in [6.07, 6.45) is 0. The maximum atomic E-state index is 12.9.